The molecule has 7 nitrogen and oxygen atoms in total. The van der Waals surface area contributed by atoms with Crippen LogP contribution in [0.1, 0.15) is 20.8 Å². The Hall–Kier alpha value is -1.63. The molecule has 1 aliphatic heterocycles. The second-order valence-corrected chi connectivity index (χ2v) is 4.70. The van der Waals surface area contributed by atoms with Gasteiger partial charge in [0.25, 0.3) is 0 Å². The molecule has 0 saturated carbocycles. The lowest BCUT2D eigenvalue weighted by atomic mass is 10.4. The molecule has 0 spiro atoms. The highest BCUT2D eigenvalue weighted by Gasteiger charge is 2.17. The average Bonchev–Trinajstić information content (AvgIpc) is 2.50. The first-order chi connectivity index (χ1) is 9.78. The fourth-order valence-corrected chi connectivity index (χ4v) is 2.25. The second-order valence-electron chi connectivity index (χ2n) is 4.70. The van der Waals surface area contributed by atoms with Gasteiger partial charge in [-0.3, -0.25) is 0 Å². The maximum Gasteiger partial charge on any atom is 0.232 e. The molecule has 0 aliphatic carbocycles. The fourth-order valence-electron chi connectivity index (χ4n) is 2.25. The summed E-state index contributed by atoms with van der Waals surface area (Å²) in [5.74, 6) is 2.20. The first kappa shape index (κ1) is 14.8. The third-order valence-electron chi connectivity index (χ3n) is 3.39. The van der Waals surface area contributed by atoms with Crippen LogP contribution >= 0.6 is 0 Å². The summed E-state index contributed by atoms with van der Waals surface area (Å²) < 4.78 is 0. The summed E-state index contributed by atoms with van der Waals surface area (Å²) in [5, 5.41) is 6.54. The maximum absolute atomic E-state index is 4.64. The van der Waals surface area contributed by atoms with Gasteiger partial charge in [-0.2, -0.15) is 15.0 Å². The molecule has 0 bridgehead atoms. The number of anilines is 3. The third kappa shape index (κ3) is 3.47. The van der Waals surface area contributed by atoms with Crippen LogP contribution in [0.15, 0.2) is 0 Å². The van der Waals surface area contributed by atoms with Gasteiger partial charge in [-0.15, -0.1) is 0 Å². The molecule has 0 amide bonds. The number of rotatable bonds is 6. The van der Waals surface area contributed by atoms with Gasteiger partial charge >= 0.3 is 0 Å². The van der Waals surface area contributed by atoms with Crippen LogP contribution in [0, 0.1) is 0 Å². The van der Waals surface area contributed by atoms with Gasteiger partial charge in [0.2, 0.25) is 17.8 Å². The van der Waals surface area contributed by atoms with Crippen LogP contribution < -0.4 is 20.4 Å². The van der Waals surface area contributed by atoms with Crippen LogP contribution in [0.4, 0.5) is 17.8 Å². The molecule has 2 heterocycles. The zero-order valence-electron chi connectivity index (χ0n) is 12.7. The van der Waals surface area contributed by atoms with Crippen molar-refractivity contribution >= 4 is 17.8 Å². The second kappa shape index (κ2) is 7.23. The highest BCUT2D eigenvalue weighted by atomic mass is 15.4. The van der Waals surface area contributed by atoms with Crippen LogP contribution in [0.5, 0.6) is 0 Å². The van der Waals surface area contributed by atoms with Crippen molar-refractivity contribution in [2.75, 3.05) is 60.9 Å². The minimum atomic E-state index is 0.665. The van der Waals surface area contributed by atoms with E-state index in [1.165, 1.54) is 0 Å². The van der Waals surface area contributed by atoms with Gasteiger partial charge in [0, 0.05) is 45.8 Å². The fraction of sp³-hybridized carbons (Fsp3) is 0.769. The summed E-state index contributed by atoms with van der Waals surface area (Å²) in [4.78, 5) is 18.1. The van der Waals surface area contributed by atoms with Crippen molar-refractivity contribution in [1.82, 2.24) is 20.3 Å². The zero-order chi connectivity index (χ0) is 14.4. The van der Waals surface area contributed by atoms with Gasteiger partial charge in [0.1, 0.15) is 0 Å². The Morgan fingerprint density at radius 1 is 1.10 bits per heavy atom. The zero-order valence-corrected chi connectivity index (χ0v) is 12.7. The Balaban J connectivity index is 2.29. The SMILES string of the molecule is CCNc1nc(N(CC)CC)nc(N2CCNCC2)n1. The van der Waals surface area contributed by atoms with Crippen molar-refractivity contribution in [3.8, 4) is 0 Å². The molecule has 20 heavy (non-hydrogen) atoms. The topological polar surface area (TPSA) is 69.2 Å². The summed E-state index contributed by atoms with van der Waals surface area (Å²) >= 11 is 0. The van der Waals surface area contributed by atoms with E-state index < -0.39 is 0 Å². The monoisotopic (exact) mass is 279 g/mol. The van der Waals surface area contributed by atoms with E-state index in [9.17, 15) is 0 Å². The molecule has 112 valence electrons. The molecule has 1 aromatic heterocycles. The van der Waals surface area contributed by atoms with Gasteiger partial charge in [-0.25, -0.2) is 0 Å². The van der Waals surface area contributed by atoms with Crippen LogP contribution in [0.3, 0.4) is 0 Å². The lowest BCUT2D eigenvalue weighted by Crippen LogP contribution is -2.44. The van der Waals surface area contributed by atoms with Crippen LogP contribution in [0.25, 0.3) is 0 Å². The lowest BCUT2D eigenvalue weighted by molar-refractivity contribution is 0.578. The highest BCUT2D eigenvalue weighted by Crippen LogP contribution is 2.16. The molecule has 2 rings (SSSR count). The maximum atomic E-state index is 4.64. The Morgan fingerprint density at radius 3 is 2.40 bits per heavy atom. The largest absolute Gasteiger partial charge is 0.354 e. The van der Waals surface area contributed by atoms with Gasteiger partial charge in [-0.1, -0.05) is 0 Å². The van der Waals surface area contributed by atoms with Crippen LogP contribution in [-0.4, -0.2) is 60.8 Å². The molecule has 0 aromatic carbocycles. The molecule has 1 aromatic rings. The van der Waals surface area contributed by atoms with E-state index in [0.29, 0.717) is 5.95 Å². The summed E-state index contributed by atoms with van der Waals surface area (Å²) in [6, 6.07) is 0. The van der Waals surface area contributed by atoms with Crippen molar-refractivity contribution in [2.24, 2.45) is 0 Å². The number of piperazine rings is 1. The third-order valence-corrected chi connectivity index (χ3v) is 3.39. The van der Waals surface area contributed by atoms with E-state index in [1.54, 1.807) is 0 Å². The molecule has 1 saturated heterocycles. The molecule has 2 N–H and O–H groups in total. The van der Waals surface area contributed by atoms with Crippen LogP contribution in [-0.2, 0) is 0 Å². The standard InChI is InChI=1S/C13H25N7/c1-4-15-11-16-12(19(5-2)6-3)18-13(17-11)20-9-7-14-8-10-20/h14H,4-10H2,1-3H3,(H,15,16,17,18). The molecule has 0 atom stereocenters. The van der Waals surface area contributed by atoms with Gasteiger partial charge in [0.05, 0.1) is 0 Å². The Labute approximate surface area is 120 Å². The summed E-state index contributed by atoms with van der Waals surface area (Å²) in [6.07, 6.45) is 0. The first-order valence-electron chi connectivity index (χ1n) is 7.49. The molecule has 0 unspecified atom stereocenters. The lowest BCUT2D eigenvalue weighted by Gasteiger charge is -2.28. The normalized spacial score (nSPS) is 15.2. The van der Waals surface area contributed by atoms with Crippen LogP contribution in [0.2, 0.25) is 0 Å². The molecular weight excluding hydrogens is 254 g/mol. The van der Waals surface area contributed by atoms with E-state index in [-0.39, 0.29) is 0 Å². The summed E-state index contributed by atoms with van der Waals surface area (Å²) in [7, 11) is 0. The minimum Gasteiger partial charge on any atom is -0.354 e. The number of hydrogen-bond donors (Lipinski definition) is 2. The Kier molecular flexibility index (Phi) is 5.34. The van der Waals surface area contributed by atoms with Gasteiger partial charge in [-0.05, 0) is 20.8 Å². The van der Waals surface area contributed by atoms with E-state index in [2.05, 4.69) is 49.2 Å². The molecular formula is C13H25N7. The quantitative estimate of drug-likeness (QED) is 0.788. The first-order valence-corrected chi connectivity index (χ1v) is 7.49. The number of nitrogens with zero attached hydrogens (tertiary/aromatic N) is 5. The summed E-state index contributed by atoms with van der Waals surface area (Å²) in [6.45, 7) is 12.7. The smallest absolute Gasteiger partial charge is 0.232 e. The van der Waals surface area contributed by atoms with E-state index in [4.69, 9.17) is 0 Å². The van der Waals surface area contributed by atoms with Crippen molar-refractivity contribution < 1.29 is 0 Å². The number of aromatic nitrogens is 3. The molecule has 1 aliphatic rings. The van der Waals surface area contributed by atoms with E-state index >= 15 is 0 Å². The van der Waals surface area contributed by atoms with Crippen molar-refractivity contribution in [3.05, 3.63) is 0 Å². The van der Waals surface area contributed by atoms with Crippen molar-refractivity contribution in [3.63, 3.8) is 0 Å². The number of nitrogens with one attached hydrogen (secondary N) is 2. The Morgan fingerprint density at radius 2 is 1.80 bits per heavy atom. The highest BCUT2D eigenvalue weighted by molar-refractivity contribution is 5.45. The summed E-state index contributed by atoms with van der Waals surface area (Å²) in [5.41, 5.74) is 0. The molecule has 1 fully saturated rings. The van der Waals surface area contributed by atoms with Crippen molar-refractivity contribution in [1.29, 1.82) is 0 Å². The predicted octanol–water partition coefficient (Wildman–Crippen LogP) is 0.559. The predicted molar refractivity (Wildman–Crippen MR) is 82.6 cm³/mol. The average molecular weight is 279 g/mol. The Bertz CT molecular complexity index is 413. The number of hydrogen-bond acceptors (Lipinski definition) is 7. The molecule has 0 radical (unpaired) electrons. The van der Waals surface area contributed by atoms with Gasteiger partial charge in [0.15, 0.2) is 0 Å². The minimum absolute atomic E-state index is 0.665. The van der Waals surface area contributed by atoms with Gasteiger partial charge < -0.3 is 20.4 Å². The van der Waals surface area contributed by atoms with Crippen molar-refractivity contribution in [2.45, 2.75) is 20.8 Å². The van der Waals surface area contributed by atoms with E-state index in [0.717, 1.165) is 57.7 Å². The molecule has 7 heteroatoms. The van der Waals surface area contributed by atoms with E-state index in [1.807, 2.05) is 6.92 Å².